The van der Waals surface area contributed by atoms with Gasteiger partial charge in [-0.2, -0.15) is 0 Å². The number of nitrogens with one attached hydrogen (secondary N) is 2. The van der Waals surface area contributed by atoms with Gasteiger partial charge in [-0.25, -0.2) is 14.6 Å². The summed E-state index contributed by atoms with van der Waals surface area (Å²) in [4.78, 5) is 43.0. The smallest absolute Gasteiger partial charge is 0.409 e. The van der Waals surface area contributed by atoms with Crippen LogP contribution in [0.5, 0.6) is 0 Å². The number of hydrogen-bond acceptors (Lipinski definition) is 9. The average molecular weight is 556 g/mol. The molecule has 1 aromatic carbocycles. The standard InChI is InChI=1S/C28H37N5O7/c1-30-27(35)40-22-11-14-37-23(25(22)38-17-19-5-3-2-4-6-19)18-39-28(36)33-12-9-21(10-13-33)26(34)32-16-20-7-8-24(29)31-15-20/h2-8,15,21-23,25H,9-14,16-18H2,1H3,(H2,29,31)(H,30,35)(H,32,34)/t22-,23+,25+/m1/s1. The normalized spacial score (nSPS) is 21.3. The lowest BCUT2D eigenvalue weighted by molar-refractivity contribution is -0.175. The molecule has 1 aromatic heterocycles. The highest BCUT2D eigenvalue weighted by molar-refractivity contribution is 5.79. The molecule has 3 amide bonds. The summed E-state index contributed by atoms with van der Waals surface area (Å²) in [5.41, 5.74) is 7.42. The molecule has 0 bridgehead atoms. The summed E-state index contributed by atoms with van der Waals surface area (Å²) < 4.78 is 23.1. The molecule has 0 unspecified atom stereocenters. The number of carbonyl (C=O) groups excluding carboxylic acids is 3. The lowest BCUT2D eigenvalue weighted by atomic mass is 9.96. The highest BCUT2D eigenvalue weighted by Gasteiger charge is 2.39. The number of likely N-dealkylation sites (tertiary alicyclic amines) is 1. The number of nitrogens with zero attached hydrogens (tertiary/aromatic N) is 2. The van der Waals surface area contributed by atoms with Gasteiger partial charge < -0.3 is 40.2 Å². The van der Waals surface area contributed by atoms with E-state index in [1.54, 1.807) is 17.2 Å². The van der Waals surface area contributed by atoms with Crippen LogP contribution in [-0.4, -0.2) is 79.6 Å². The van der Waals surface area contributed by atoms with Gasteiger partial charge in [0.15, 0.2) is 0 Å². The second-order valence-electron chi connectivity index (χ2n) is 9.80. The van der Waals surface area contributed by atoms with Crippen molar-refractivity contribution in [3.05, 3.63) is 59.8 Å². The third-order valence-corrected chi connectivity index (χ3v) is 7.02. The Balaban J connectivity index is 1.25. The van der Waals surface area contributed by atoms with Crippen molar-refractivity contribution in [2.45, 2.75) is 50.7 Å². The number of pyridine rings is 1. The van der Waals surface area contributed by atoms with Gasteiger partial charge in [0, 0.05) is 45.2 Å². The first-order valence-corrected chi connectivity index (χ1v) is 13.5. The van der Waals surface area contributed by atoms with E-state index in [-0.39, 0.29) is 25.0 Å². The number of rotatable bonds is 9. The number of carbonyl (C=O) groups is 3. The number of amides is 3. The fraction of sp³-hybridized carbons (Fsp3) is 0.500. The van der Waals surface area contributed by atoms with E-state index >= 15 is 0 Å². The predicted octanol–water partition coefficient (Wildman–Crippen LogP) is 2.23. The second kappa shape index (κ2) is 14.5. The lowest BCUT2D eigenvalue weighted by Crippen LogP contribution is -2.51. The number of nitrogen functional groups attached to an aromatic ring is 1. The molecule has 3 heterocycles. The van der Waals surface area contributed by atoms with Crippen molar-refractivity contribution in [2.24, 2.45) is 5.92 Å². The van der Waals surface area contributed by atoms with Gasteiger partial charge in [-0.1, -0.05) is 36.4 Å². The van der Waals surface area contributed by atoms with Gasteiger partial charge in [-0.3, -0.25) is 4.79 Å². The fourth-order valence-electron chi connectivity index (χ4n) is 4.72. The van der Waals surface area contributed by atoms with Crippen molar-refractivity contribution >= 4 is 23.9 Å². The van der Waals surface area contributed by atoms with Crippen LogP contribution in [0.1, 0.15) is 30.4 Å². The number of benzene rings is 1. The van der Waals surface area contributed by atoms with E-state index in [0.29, 0.717) is 51.3 Å². The summed E-state index contributed by atoms with van der Waals surface area (Å²) >= 11 is 0. The number of ether oxygens (including phenoxy) is 4. The van der Waals surface area contributed by atoms with Gasteiger partial charge in [0.05, 0.1) is 13.2 Å². The zero-order chi connectivity index (χ0) is 28.3. The molecule has 0 spiro atoms. The van der Waals surface area contributed by atoms with E-state index < -0.39 is 30.5 Å². The molecule has 216 valence electrons. The molecule has 0 radical (unpaired) electrons. The Morgan fingerprint density at radius 1 is 1.07 bits per heavy atom. The Morgan fingerprint density at radius 2 is 1.85 bits per heavy atom. The quantitative estimate of drug-likeness (QED) is 0.422. The van der Waals surface area contributed by atoms with Crippen LogP contribution in [0.2, 0.25) is 0 Å². The highest BCUT2D eigenvalue weighted by atomic mass is 16.6. The van der Waals surface area contributed by atoms with Crippen molar-refractivity contribution in [1.29, 1.82) is 0 Å². The largest absolute Gasteiger partial charge is 0.447 e. The average Bonchev–Trinajstić information content (AvgIpc) is 2.99. The van der Waals surface area contributed by atoms with Crippen LogP contribution in [-0.2, 0) is 36.9 Å². The van der Waals surface area contributed by atoms with Crippen LogP contribution in [0.3, 0.4) is 0 Å². The molecule has 2 fully saturated rings. The Hall–Kier alpha value is -3.90. The molecule has 0 saturated carbocycles. The van der Waals surface area contributed by atoms with Crippen LogP contribution < -0.4 is 16.4 Å². The van der Waals surface area contributed by atoms with Crippen LogP contribution in [0.15, 0.2) is 48.7 Å². The molecule has 2 aliphatic heterocycles. The monoisotopic (exact) mass is 555 g/mol. The predicted molar refractivity (Wildman–Crippen MR) is 145 cm³/mol. The van der Waals surface area contributed by atoms with E-state index in [1.165, 1.54) is 7.05 Å². The minimum Gasteiger partial charge on any atom is -0.447 e. The van der Waals surface area contributed by atoms with Crippen LogP contribution >= 0.6 is 0 Å². The number of hydrogen-bond donors (Lipinski definition) is 3. The zero-order valence-corrected chi connectivity index (χ0v) is 22.6. The van der Waals surface area contributed by atoms with Gasteiger partial charge in [0.25, 0.3) is 0 Å². The number of nitrogens with two attached hydrogens (primary N) is 1. The second-order valence-corrected chi connectivity index (χ2v) is 9.80. The topological polar surface area (TPSA) is 154 Å². The molecule has 12 nitrogen and oxygen atoms in total. The first-order valence-electron chi connectivity index (χ1n) is 13.5. The van der Waals surface area contributed by atoms with Crippen molar-refractivity contribution in [3.63, 3.8) is 0 Å². The van der Waals surface area contributed by atoms with Gasteiger partial charge in [-0.15, -0.1) is 0 Å². The molecule has 2 aromatic rings. The van der Waals surface area contributed by atoms with Crippen LogP contribution in [0.25, 0.3) is 0 Å². The molecule has 0 aliphatic carbocycles. The Labute approximate surface area is 233 Å². The molecular weight excluding hydrogens is 518 g/mol. The Bertz CT molecular complexity index is 1110. The summed E-state index contributed by atoms with van der Waals surface area (Å²) in [5, 5.41) is 5.38. The number of piperidine rings is 1. The summed E-state index contributed by atoms with van der Waals surface area (Å²) in [6.45, 7) is 1.75. The molecule has 2 aliphatic rings. The van der Waals surface area contributed by atoms with E-state index in [9.17, 15) is 14.4 Å². The van der Waals surface area contributed by atoms with E-state index in [4.69, 9.17) is 24.7 Å². The fourth-order valence-corrected chi connectivity index (χ4v) is 4.72. The van der Waals surface area contributed by atoms with Gasteiger partial charge in [0.1, 0.15) is 30.7 Å². The molecule has 12 heteroatoms. The van der Waals surface area contributed by atoms with E-state index in [0.717, 1.165) is 11.1 Å². The van der Waals surface area contributed by atoms with E-state index in [1.807, 2.05) is 36.4 Å². The third kappa shape index (κ3) is 8.30. The summed E-state index contributed by atoms with van der Waals surface area (Å²) in [5.74, 6) is 0.184. The minimum atomic E-state index is -0.621. The van der Waals surface area contributed by atoms with Crippen molar-refractivity contribution in [3.8, 4) is 0 Å². The SMILES string of the molecule is CNC(=O)O[C@@H]1CCO[C@@H](COC(=O)N2CCC(C(=O)NCc3ccc(N)nc3)CC2)[C@H]1OCc1ccccc1. The van der Waals surface area contributed by atoms with Crippen LogP contribution in [0, 0.1) is 5.92 Å². The minimum absolute atomic E-state index is 0.0536. The van der Waals surface area contributed by atoms with Crippen LogP contribution in [0.4, 0.5) is 15.4 Å². The Kier molecular flexibility index (Phi) is 10.5. The number of alkyl carbamates (subject to hydrolysis) is 1. The molecule has 3 atom stereocenters. The van der Waals surface area contributed by atoms with Gasteiger partial charge in [-0.05, 0) is 30.0 Å². The Morgan fingerprint density at radius 3 is 2.55 bits per heavy atom. The van der Waals surface area contributed by atoms with Gasteiger partial charge >= 0.3 is 12.2 Å². The summed E-state index contributed by atoms with van der Waals surface area (Å²) in [6, 6.07) is 13.1. The van der Waals surface area contributed by atoms with Crippen molar-refractivity contribution < 1.29 is 33.3 Å². The van der Waals surface area contributed by atoms with Crippen molar-refractivity contribution in [2.75, 3.05) is 39.1 Å². The van der Waals surface area contributed by atoms with Gasteiger partial charge in [0.2, 0.25) is 5.91 Å². The zero-order valence-electron chi connectivity index (χ0n) is 22.6. The molecule has 4 N–H and O–H groups in total. The number of aromatic nitrogens is 1. The lowest BCUT2D eigenvalue weighted by Gasteiger charge is -2.37. The van der Waals surface area contributed by atoms with E-state index in [2.05, 4.69) is 15.6 Å². The highest BCUT2D eigenvalue weighted by Crippen LogP contribution is 2.24. The third-order valence-electron chi connectivity index (χ3n) is 7.02. The maximum Gasteiger partial charge on any atom is 0.409 e. The molecule has 2 saturated heterocycles. The number of anilines is 1. The first-order chi connectivity index (χ1) is 19.4. The summed E-state index contributed by atoms with van der Waals surface area (Å²) in [7, 11) is 1.49. The van der Waals surface area contributed by atoms with Crippen molar-refractivity contribution in [1.82, 2.24) is 20.5 Å². The molecule has 40 heavy (non-hydrogen) atoms. The maximum atomic E-state index is 12.8. The summed E-state index contributed by atoms with van der Waals surface area (Å²) in [6.07, 6.45) is 0.332. The molecular formula is C28H37N5O7. The maximum absolute atomic E-state index is 12.8. The molecule has 4 rings (SSSR count). The first kappa shape index (κ1) is 29.1.